The molecule has 5 nitrogen and oxygen atoms in total. The second kappa shape index (κ2) is 4.66. The highest BCUT2D eigenvalue weighted by atomic mass is 16.5. The Balaban J connectivity index is 1.62. The molecule has 2 amide bonds. The molecule has 1 aromatic rings. The maximum atomic E-state index is 12.7. The summed E-state index contributed by atoms with van der Waals surface area (Å²) >= 11 is 0. The SMILES string of the molecule is CC(=O)Oc1ccc(N2C(=O)C3C(C2=O)[C@H]2CC[C@@H]3C2)cc1. The van der Waals surface area contributed by atoms with Crippen LogP contribution in [0.5, 0.6) is 5.75 Å². The smallest absolute Gasteiger partial charge is 0.308 e. The van der Waals surface area contributed by atoms with Crippen molar-refractivity contribution in [3.63, 3.8) is 0 Å². The molecule has 1 heterocycles. The molecule has 0 radical (unpaired) electrons. The summed E-state index contributed by atoms with van der Waals surface area (Å²) in [6.45, 7) is 1.33. The number of nitrogens with zero attached hydrogens (tertiary/aromatic N) is 1. The highest BCUT2D eigenvalue weighted by Crippen LogP contribution is 2.56. The normalized spacial score (nSPS) is 32.5. The molecule has 2 bridgehead atoms. The Morgan fingerprint density at radius 2 is 1.59 bits per heavy atom. The third-order valence-electron chi connectivity index (χ3n) is 5.28. The van der Waals surface area contributed by atoms with E-state index in [2.05, 4.69) is 0 Å². The third kappa shape index (κ3) is 1.81. The van der Waals surface area contributed by atoms with Gasteiger partial charge in [0.2, 0.25) is 11.8 Å². The molecule has 22 heavy (non-hydrogen) atoms. The monoisotopic (exact) mass is 299 g/mol. The van der Waals surface area contributed by atoms with Crippen molar-refractivity contribution in [2.45, 2.75) is 26.2 Å². The summed E-state index contributed by atoms with van der Waals surface area (Å²) < 4.78 is 4.98. The van der Waals surface area contributed by atoms with E-state index >= 15 is 0 Å². The first kappa shape index (κ1) is 13.5. The molecule has 5 heteroatoms. The van der Waals surface area contributed by atoms with Gasteiger partial charge < -0.3 is 4.74 Å². The molecule has 0 aromatic heterocycles. The average Bonchev–Trinajstić information content (AvgIpc) is 3.14. The Labute approximate surface area is 128 Å². The molecular formula is C17H17NO4. The van der Waals surface area contributed by atoms with Crippen molar-refractivity contribution in [2.24, 2.45) is 23.7 Å². The molecule has 2 unspecified atom stereocenters. The van der Waals surface area contributed by atoms with Crippen molar-refractivity contribution >= 4 is 23.5 Å². The summed E-state index contributed by atoms with van der Waals surface area (Å²) in [4.78, 5) is 37.6. The quantitative estimate of drug-likeness (QED) is 0.477. The van der Waals surface area contributed by atoms with Crippen LogP contribution in [0.2, 0.25) is 0 Å². The zero-order valence-corrected chi connectivity index (χ0v) is 12.3. The molecule has 114 valence electrons. The number of rotatable bonds is 2. The molecule has 1 aliphatic heterocycles. The van der Waals surface area contributed by atoms with Gasteiger partial charge in [-0.2, -0.15) is 0 Å². The van der Waals surface area contributed by atoms with Crippen molar-refractivity contribution in [2.75, 3.05) is 4.90 Å². The zero-order valence-electron chi connectivity index (χ0n) is 12.3. The number of hydrogen-bond acceptors (Lipinski definition) is 4. The van der Waals surface area contributed by atoms with Crippen LogP contribution in [0.4, 0.5) is 5.69 Å². The largest absolute Gasteiger partial charge is 0.427 e. The van der Waals surface area contributed by atoms with Crippen LogP contribution in [0.15, 0.2) is 24.3 Å². The molecule has 4 atom stereocenters. The lowest BCUT2D eigenvalue weighted by molar-refractivity contribution is -0.132. The molecule has 3 aliphatic rings. The van der Waals surface area contributed by atoms with Gasteiger partial charge in [0.05, 0.1) is 17.5 Å². The van der Waals surface area contributed by atoms with Gasteiger partial charge in [-0.05, 0) is 55.4 Å². The number of anilines is 1. The van der Waals surface area contributed by atoms with Gasteiger partial charge in [-0.1, -0.05) is 0 Å². The van der Waals surface area contributed by atoms with Gasteiger partial charge in [-0.15, -0.1) is 0 Å². The molecule has 2 saturated carbocycles. The lowest BCUT2D eigenvalue weighted by atomic mass is 9.81. The highest BCUT2D eigenvalue weighted by molar-refractivity contribution is 6.22. The zero-order chi connectivity index (χ0) is 15.4. The van der Waals surface area contributed by atoms with E-state index in [4.69, 9.17) is 4.74 Å². The van der Waals surface area contributed by atoms with E-state index in [0.29, 0.717) is 23.3 Å². The minimum atomic E-state index is -0.396. The van der Waals surface area contributed by atoms with Crippen LogP contribution in [0.3, 0.4) is 0 Å². The molecule has 4 rings (SSSR count). The van der Waals surface area contributed by atoms with E-state index in [-0.39, 0.29) is 23.7 Å². The summed E-state index contributed by atoms with van der Waals surface area (Å²) in [5.41, 5.74) is 0.569. The fourth-order valence-electron chi connectivity index (χ4n) is 4.49. The molecule has 2 aliphatic carbocycles. The lowest BCUT2D eigenvalue weighted by Crippen LogP contribution is -2.32. The van der Waals surface area contributed by atoms with Crippen LogP contribution in [0, 0.1) is 23.7 Å². The van der Waals surface area contributed by atoms with Crippen molar-refractivity contribution in [3.05, 3.63) is 24.3 Å². The van der Waals surface area contributed by atoms with E-state index in [1.54, 1.807) is 24.3 Å². The van der Waals surface area contributed by atoms with Crippen LogP contribution in [0.25, 0.3) is 0 Å². The summed E-state index contributed by atoms with van der Waals surface area (Å²) in [6.07, 6.45) is 3.18. The fourth-order valence-corrected chi connectivity index (χ4v) is 4.49. The fraction of sp³-hybridized carbons (Fsp3) is 0.471. The molecule has 1 aromatic carbocycles. The lowest BCUT2D eigenvalue weighted by Gasteiger charge is -2.19. The van der Waals surface area contributed by atoms with Crippen LogP contribution < -0.4 is 9.64 Å². The maximum absolute atomic E-state index is 12.7. The first-order valence-electron chi connectivity index (χ1n) is 7.72. The Bertz CT molecular complexity index is 638. The van der Waals surface area contributed by atoms with E-state index in [9.17, 15) is 14.4 Å². The Morgan fingerprint density at radius 1 is 1.05 bits per heavy atom. The standard InChI is InChI=1S/C17H17NO4/c1-9(19)22-13-6-4-12(5-7-13)18-16(20)14-10-2-3-11(8-10)15(14)17(18)21/h4-7,10-11,14-15H,2-3,8H2,1H3/t10-,11+,14?,15?. The van der Waals surface area contributed by atoms with Crippen LogP contribution in [-0.4, -0.2) is 17.8 Å². The number of ether oxygens (including phenoxy) is 1. The number of fused-ring (bicyclic) bond motifs is 5. The molecule has 1 saturated heterocycles. The number of esters is 1. The second-order valence-corrected chi connectivity index (χ2v) is 6.48. The maximum Gasteiger partial charge on any atom is 0.308 e. The van der Waals surface area contributed by atoms with E-state index < -0.39 is 5.97 Å². The average molecular weight is 299 g/mol. The van der Waals surface area contributed by atoms with Gasteiger partial charge in [0.15, 0.2) is 0 Å². The summed E-state index contributed by atoms with van der Waals surface area (Å²) in [7, 11) is 0. The van der Waals surface area contributed by atoms with Crippen molar-refractivity contribution < 1.29 is 19.1 Å². The minimum absolute atomic E-state index is 0.0533. The Kier molecular flexibility index (Phi) is 2.86. The van der Waals surface area contributed by atoms with Crippen LogP contribution >= 0.6 is 0 Å². The van der Waals surface area contributed by atoms with Crippen molar-refractivity contribution in [1.82, 2.24) is 0 Å². The van der Waals surface area contributed by atoms with Crippen molar-refractivity contribution in [3.8, 4) is 5.75 Å². The van der Waals surface area contributed by atoms with Crippen molar-refractivity contribution in [1.29, 1.82) is 0 Å². The minimum Gasteiger partial charge on any atom is -0.427 e. The number of benzene rings is 1. The number of amides is 2. The Hall–Kier alpha value is -2.17. The molecule has 0 spiro atoms. The second-order valence-electron chi connectivity index (χ2n) is 6.48. The molecule has 0 N–H and O–H groups in total. The highest BCUT2D eigenvalue weighted by Gasteiger charge is 2.61. The van der Waals surface area contributed by atoms with Crippen LogP contribution in [-0.2, 0) is 14.4 Å². The first-order chi connectivity index (χ1) is 10.6. The van der Waals surface area contributed by atoms with Gasteiger partial charge in [0, 0.05) is 6.92 Å². The number of carbonyl (C=O) groups excluding carboxylic acids is 3. The van der Waals surface area contributed by atoms with Gasteiger partial charge >= 0.3 is 5.97 Å². The third-order valence-corrected chi connectivity index (χ3v) is 5.28. The van der Waals surface area contributed by atoms with Gasteiger partial charge in [-0.3, -0.25) is 19.3 Å². The van der Waals surface area contributed by atoms with Gasteiger partial charge in [-0.25, -0.2) is 0 Å². The number of imide groups is 1. The molecular weight excluding hydrogens is 282 g/mol. The van der Waals surface area contributed by atoms with E-state index in [0.717, 1.165) is 19.3 Å². The molecule has 3 fully saturated rings. The van der Waals surface area contributed by atoms with E-state index in [1.165, 1.54) is 11.8 Å². The first-order valence-corrected chi connectivity index (χ1v) is 7.72. The summed E-state index contributed by atoms with van der Waals surface area (Å²) in [6, 6.07) is 6.55. The summed E-state index contributed by atoms with van der Waals surface area (Å²) in [5.74, 6) is 0.458. The van der Waals surface area contributed by atoms with E-state index in [1.807, 2.05) is 0 Å². The topological polar surface area (TPSA) is 63.7 Å². The predicted octanol–water partition coefficient (Wildman–Crippen LogP) is 2.15. The number of carbonyl (C=O) groups is 3. The predicted molar refractivity (Wildman–Crippen MR) is 78.1 cm³/mol. The summed E-state index contributed by atoms with van der Waals surface area (Å²) in [5, 5.41) is 0. The van der Waals surface area contributed by atoms with Crippen LogP contribution in [0.1, 0.15) is 26.2 Å². The number of hydrogen-bond donors (Lipinski definition) is 0. The Morgan fingerprint density at radius 3 is 2.09 bits per heavy atom. The van der Waals surface area contributed by atoms with Gasteiger partial charge in [0.25, 0.3) is 0 Å². The van der Waals surface area contributed by atoms with Gasteiger partial charge in [0.1, 0.15) is 5.75 Å².